The van der Waals surface area contributed by atoms with E-state index in [9.17, 15) is 13.2 Å². The van der Waals surface area contributed by atoms with Gasteiger partial charge in [-0.15, -0.1) is 0 Å². The molecule has 3 aromatic carbocycles. The largest absolute Gasteiger partial charge is 0.487 e. The maximum Gasteiger partial charge on any atom is 0.417 e. The van der Waals surface area contributed by atoms with Gasteiger partial charge in [0.25, 0.3) is 0 Å². The van der Waals surface area contributed by atoms with E-state index in [0.29, 0.717) is 11.3 Å². The number of aromatic nitrogens is 4. The Morgan fingerprint density at radius 1 is 0.718 bits per heavy atom. The number of hydrogen-bond donors (Lipinski definition) is 0. The lowest BCUT2D eigenvalue weighted by atomic mass is 10.0. The Kier molecular flexibility index (Phi) is 7.32. The molecule has 0 saturated carbocycles. The lowest BCUT2D eigenvalue weighted by molar-refractivity contribution is -0.137. The van der Waals surface area contributed by atoms with E-state index in [1.54, 1.807) is 18.2 Å². The molecule has 0 saturated heterocycles. The quantitative estimate of drug-likeness (QED) is 0.235. The van der Waals surface area contributed by atoms with E-state index >= 15 is 0 Å². The zero-order valence-electron chi connectivity index (χ0n) is 20.8. The van der Waals surface area contributed by atoms with Gasteiger partial charge >= 0.3 is 6.18 Å². The first-order valence-electron chi connectivity index (χ1n) is 12.0. The zero-order chi connectivity index (χ0) is 27.2. The number of pyridine rings is 1. The van der Waals surface area contributed by atoms with Gasteiger partial charge in [0.2, 0.25) is 0 Å². The minimum atomic E-state index is -4.65. The molecular weight excluding hydrogens is 501 g/mol. The first-order valence-corrected chi connectivity index (χ1v) is 12.0. The third-order valence-electron chi connectivity index (χ3n) is 5.72. The topological polar surface area (TPSA) is 60.8 Å². The molecule has 5 nitrogen and oxygen atoms in total. The number of benzene rings is 3. The summed E-state index contributed by atoms with van der Waals surface area (Å²) in [6.07, 6.45) is -3.46. The standard InChI is InChI=1S/C31H21F3N4O/c1-21-7-5-10-25(37-21)19-39-27-12-6-11-26(31(32,33)34)28(27)30-36-20-35-29(38-30)24-17-15-23(16-18-24)14-13-22-8-3-2-4-9-22/h2-12,15-18,20H,19H2,1H3. The summed E-state index contributed by atoms with van der Waals surface area (Å²) in [6, 6.07) is 25.9. The summed E-state index contributed by atoms with van der Waals surface area (Å²) in [5, 5.41) is 0. The number of aryl methyl sites for hydroxylation is 1. The molecule has 5 aromatic rings. The van der Waals surface area contributed by atoms with E-state index in [-0.39, 0.29) is 29.6 Å². The molecule has 0 atom stereocenters. The average Bonchev–Trinajstić information content (AvgIpc) is 2.95. The summed E-state index contributed by atoms with van der Waals surface area (Å²) in [5.74, 6) is 6.26. The van der Waals surface area contributed by atoms with E-state index in [1.807, 2.05) is 61.5 Å². The summed E-state index contributed by atoms with van der Waals surface area (Å²) >= 11 is 0. The Bertz CT molecular complexity index is 1660. The van der Waals surface area contributed by atoms with Gasteiger partial charge in [0.05, 0.1) is 16.8 Å². The van der Waals surface area contributed by atoms with E-state index in [2.05, 4.69) is 31.8 Å². The number of rotatable bonds is 5. The molecule has 5 rings (SSSR count). The highest BCUT2D eigenvalue weighted by Gasteiger charge is 2.36. The Balaban J connectivity index is 1.47. The predicted octanol–water partition coefficient (Wildman–Crippen LogP) is 6.91. The molecule has 2 aromatic heterocycles. The Morgan fingerprint density at radius 3 is 2.13 bits per heavy atom. The number of halogens is 3. The third kappa shape index (κ3) is 6.28. The van der Waals surface area contributed by atoms with Crippen LogP contribution in [0.15, 0.2) is 97.3 Å². The van der Waals surface area contributed by atoms with Crippen molar-refractivity contribution in [2.24, 2.45) is 0 Å². The van der Waals surface area contributed by atoms with Crippen molar-refractivity contribution in [3.63, 3.8) is 0 Å². The van der Waals surface area contributed by atoms with Crippen molar-refractivity contribution in [2.75, 3.05) is 0 Å². The van der Waals surface area contributed by atoms with Gasteiger partial charge < -0.3 is 4.74 Å². The maximum absolute atomic E-state index is 14.0. The van der Waals surface area contributed by atoms with Gasteiger partial charge in [-0.1, -0.05) is 42.2 Å². The molecule has 0 fully saturated rings. The molecule has 0 unspecified atom stereocenters. The second kappa shape index (κ2) is 11.2. The number of nitrogens with zero attached hydrogens (tertiary/aromatic N) is 4. The molecule has 8 heteroatoms. The summed E-state index contributed by atoms with van der Waals surface area (Å²) < 4.78 is 47.9. The van der Waals surface area contributed by atoms with Crippen molar-refractivity contribution in [1.82, 2.24) is 19.9 Å². The second-order valence-electron chi connectivity index (χ2n) is 8.56. The van der Waals surface area contributed by atoms with Crippen LogP contribution in [0.5, 0.6) is 5.75 Å². The minimum Gasteiger partial charge on any atom is -0.487 e. The molecule has 0 N–H and O–H groups in total. The average molecular weight is 523 g/mol. The normalized spacial score (nSPS) is 11.0. The van der Waals surface area contributed by atoms with E-state index in [1.165, 1.54) is 18.5 Å². The third-order valence-corrected chi connectivity index (χ3v) is 5.72. The highest BCUT2D eigenvalue weighted by molar-refractivity contribution is 5.71. The van der Waals surface area contributed by atoms with Crippen molar-refractivity contribution in [3.05, 3.63) is 125 Å². The molecule has 0 radical (unpaired) electrons. The van der Waals surface area contributed by atoms with Crippen LogP contribution in [-0.4, -0.2) is 19.9 Å². The van der Waals surface area contributed by atoms with Gasteiger partial charge in [-0.25, -0.2) is 15.0 Å². The SMILES string of the molecule is Cc1cccc(COc2cccc(C(F)(F)F)c2-c2ncnc(-c3ccc(C#Cc4ccccc4)cc3)n2)n1. The molecule has 0 bridgehead atoms. The minimum absolute atomic E-state index is 0.00295. The fourth-order valence-electron chi connectivity index (χ4n) is 3.87. The van der Waals surface area contributed by atoms with Crippen molar-refractivity contribution < 1.29 is 17.9 Å². The molecule has 39 heavy (non-hydrogen) atoms. The fourth-order valence-corrected chi connectivity index (χ4v) is 3.87. The number of hydrogen-bond acceptors (Lipinski definition) is 5. The highest BCUT2D eigenvalue weighted by Crippen LogP contribution is 2.41. The van der Waals surface area contributed by atoms with E-state index < -0.39 is 11.7 Å². The Hall–Kier alpha value is -5.03. The predicted molar refractivity (Wildman–Crippen MR) is 141 cm³/mol. The molecule has 0 spiro atoms. The zero-order valence-corrected chi connectivity index (χ0v) is 20.8. The van der Waals surface area contributed by atoms with Gasteiger partial charge in [0.1, 0.15) is 18.7 Å². The first-order chi connectivity index (χ1) is 18.9. The first kappa shape index (κ1) is 25.6. The van der Waals surface area contributed by atoms with Crippen LogP contribution in [-0.2, 0) is 12.8 Å². The van der Waals surface area contributed by atoms with Crippen LogP contribution in [0.3, 0.4) is 0 Å². The van der Waals surface area contributed by atoms with E-state index in [4.69, 9.17) is 4.74 Å². The summed E-state index contributed by atoms with van der Waals surface area (Å²) in [7, 11) is 0. The van der Waals surface area contributed by atoms with Crippen LogP contribution in [0.2, 0.25) is 0 Å². The van der Waals surface area contributed by atoms with Gasteiger partial charge in [-0.05, 0) is 67.6 Å². The number of alkyl halides is 3. The lowest BCUT2D eigenvalue weighted by Gasteiger charge is -2.17. The van der Waals surface area contributed by atoms with Gasteiger partial charge in [-0.3, -0.25) is 4.98 Å². The molecular formula is C31H21F3N4O. The van der Waals surface area contributed by atoms with Crippen LogP contribution >= 0.6 is 0 Å². The van der Waals surface area contributed by atoms with Crippen LogP contribution in [0.25, 0.3) is 22.8 Å². The summed E-state index contributed by atoms with van der Waals surface area (Å²) in [6.45, 7) is 1.81. The Labute approximate surface area is 223 Å². The second-order valence-corrected chi connectivity index (χ2v) is 8.56. The van der Waals surface area contributed by atoms with E-state index in [0.717, 1.165) is 22.9 Å². The van der Waals surface area contributed by atoms with Gasteiger partial charge in [0, 0.05) is 22.4 Å². The molecule has 0 aliphatic carbocycles. The molecule has 0 amide bonds. The van der Waals surface area contributed by atoms with Gasteiger partial charge in [-0.2, -0.15) is 13.2 Å². The number of ether oxygens (including phenoxy) is 1. The summed E-state index contributed by atoms with van der Waals surface area (Å²) in [5.41, 5.74) is 2.49. The molecule has 192 valence electrons. The molecule has 0 aliphatic heterocycles. The van der Waals surface area contributed by atoms with Crippen LogP contribution < -0.4 is 4.74 Å². The summed E-state index contributed by atoms with van der Waals surface area (Å²) in [4.78, 5) is 17.0. The lowest BCUT2D eigenvalue weighted by Crippen LogP contribution is -2.11. The Morgan fingerprint density at radius 2 is 1.41 bits per heavy atom. The molecule has 2 heterocycles. The van der Waals surface area contributed by atoms with Crippen molar-refractivity contribution in [2.45, 2.75) is 19.7 Å². The smallest absolute Gasteiger partial charge is 0.417 e. The van der Waals surface area contributed by atoms with Crippen molar-refractivity contribution >= 4 is 0 Å². The maximum atomic E-state index is 14.0. The van der Waals surface area contributed by atoms with Crippen LogP contribution in [0.1, 0.15) is 28.1 Å². The van der Waals surface area contributed by atoms with Crippen molar-refractivity contribution in [1.29, 1.82) is 0 Å². The van der Waals surface area contributed by atoms with Crippen LogP contribution in [0, 0.1) is 18.8 Å². The monoisotopic (exact) mass is 522 g/mol. The van der Waals surface area contributed by atoms with Crippen LogP contribution in [0.4, 0.5) is 13.2 Å². The van der Waals surface area contributed by atoms with Gasteiger partial charge in [0.15, 0.2) is 11.6 Å². The fraction of sp³-hybridized carbons (Fsp3) is 0.0968. The molecule has 0 aliphatic rings. The van der Waals surface area contributed by atoms with Crippen molar-refractivity contribution in [3.8, 4) is 40.4 Å². The highest BCUT2D eigenvalue weighted by atomic mass is 19.4.